The zero-order chi connectivity index (χ0) is 17.5. The van der Waals surface area contributed by atoms with Crippen LogP contribution in [0.1, 0.15) is 44.6 Å². The number of hydrogen-bond acceptors (Lipinski definition) is 5. The fourth-order valence-corrected chi connectivity index (χ4v) is 5.55. The molecule has 0 amide bonds. The Kier molecular flexibility index (Phi) is 5.14. The van der Waals surface area contributed by atoms with E-state index in [0.29, 0.717) is 11.2 Å². The summed E-state index contributed by atoms with van der Waals surface area (Å²) in [5.41, 5.74) is 8.01. The Morgan fingerprint density at radius 2 is 2.17 bits per heavy atom. The Labute approximate surface area is 157 Å². The summed E-state index contributed by atoms with van der Waals surface area (Å²) in [5.74, 6) is 2.11. The van der Waals surface area contributed by atoms with Crippen molar-refractivity contribution in [2.24, 2.45) is 11.3 Å². The van der Waals surface area contributed by atoms with Crippen LogP contribution >= 0.6 is 34.7 Å². The first-order valence-corrected chi connectivity index (χ1v) is 10.5. The molecule has 0 aromatic carbocycles. The second-order valence-corrected chi connectivity index (χ2v) is 10.1. The molecule has 0 bridgehead atoms. The normalized spacial score (nSPS) is 18.9. The first kappa shape index (κ1) is 18.0. The Morgan fingerprint density at radius 3 is 2.83 bits per heavy atom. The van der Waals surface area contributed by atoms with Gasteiger partial charge in [-0.1, -0.05) is 50.2 Å². The Balaban J connectivity index is 1.92. The van der Waals surface area contributed by atoms with Crippen LogP contribution in [0.4, 0.5) is 5.82 Å². The Morgan fingerprint density at radius 1 is 1.42 bits per heavy atom. The molecule has 2 aromatic rings. The number of aromatic nitrogens is 2. The smallest absolute Gasteiger partial charge is 0.191 e. The van der Waals surface area contributed by atoms with E-state index < -0.39 is 0 Å². The molecule has 0 aliphatic heterocycles. The molecule has 0 fully saturated rings. The van der Waals surface area contributed by atoms with Crippen LogP contribution in [-0.4, -0.2) is 15.7 Å². The molecule has 2 heterocycles. The van der Waals surface area contributed by atoms with Crippen molar-refractivity contribution in [3.8, 4) is 0 Å². The number of anilines is 1. The van der Waals surface area contributed by atoms with E-state index in [9.17, 15) is 0 Å². The molecule has 0 spiro atoms. The minimum absolute atomic E-state index is 0.345. The van der Waals surface area contributed by atoms with Crippen LogP contribution in [0, 0.1) is 11.3 Å². The highest BCUT2D eigenvalue weighted by molar-refractivity contribution is 7.99. The van der Waals surface area contributed by atoms with Crippen LogP contribution in [0.5, 0.6) is 0 Å². The lowest BCUT2D eigenvalue weighted by Gasteiger charge is -2.33. The Hall–Kier alpha value is -0.780. The van der Waals surface area contributed by atoms with Crippen molar-refractivity contribution in [2.75, 3.05) is 11.5 Å². The highest BCUT2D eigenvalue weighted by atomic mass is 35.5. The predicted molar refractivity (Wildman–Crippen MR) is 107 cm³/mol. The molecule has 0 radical (unpaired) electrons. The summed E-state index contributed by atoms with van der Waals surface area (Å²) in [7, 11) is 0. The lowest BCUT2D eigenvalue weighted by Crippen LogP contribution is -2.26. The number of hydrogen-bond donors (Lipinski definition) is 1. The van der Waals surface area contributed by atoms with Gasteiger partial charge in [0.25, 0.3) is 0 Å². The molecule has 0 saturated heterocycles. The van der Waals surface area contributed by atoms with Crippen LogP contribution < -0.4 is 5.73 Å². The molecule has 1 aliphatic rings. The zero-order valence-corrected chi connectivity index (χ0v) is 17.0. The molecule has 1 aliphatic carbocycles. The third-order valence-corrected chi connectivity index (χ3v) is 6.79. The third kappa shape index (κ3) is 3.73. The number of aryl methyl sites for hydroxylation is 1. The van der Waals surface area contributed by atoms with Crippen LogP contribution in [0.2, 0.25) is 0 Å². The lowest BCUT2D eigenvalue weighted by molar-refractivity contribution is 0.218. The predicted octanol–water partition coefficient (Wildman–Crippen LogP) is 5.66. The number of thioether (sulfide) groups is 1. The lowest BCUT2D eigenvalue weighted by atomic mass is 9.72. The maximum Gasteiger partial charge on any atom is 0.191 e. The number of nitrogens with two attached hydrogens (primary N) is 1. The van der Waals surface area contributed by atoms with E-state index in [0.717, 1.165) is 44.9 Å². The second kappa shape index (κ2) is 6.85. The van der Waals surface area contributed by atoms with E-state index >= 15 is 0 Å². The van der Waals surface area contributed by atoms with Gasteiger partial charge in [0, 0.05) is 15.7 Å². The molecule has 130 valence electrons. The van der Waals surface area contributed by atoms with Gasteiger partial charge in [-0.05, 0) is 43.1 Å². The molecule has 2 N–H and O–H groups in total. The minimum atomic E-state index is 0.345. The third-order valence-electron chi connectivity index (χ3n) is 4.72. The maximum atomic E-state index is 6.28. The largest absolute Gasteiger partial charge is 0.383 e. The molecule has 0 saturated carbocycles. The molecule has 6 heteroatoms. The van der Waals surface area contributed by atoms with E-state index in [-0.39, 0.29) is 0 Å². The molecule has 3 rings (SSSR count). The number of nitrogens with zero attached hydrogens (tertiary/aromatic N) is 2. The minimum Gasteiger partial charge on any atom is -0.383 e. The van der Waals surface area contributed by atoms with Crippen LogP contribution in [-0.2, 0) is 12.8 Å². The topological polar surface area (TPSA) is 51.8 Å². The number of fused-ring (bicyclic) bond motifs is 3. The van der Waals surface area contributed by atoms with Crippen molar-refractivity contribution in [1.82, 2.24) is 9.97 Å². The summed E-state index contributed by atoms with van der Waals surface area (Å²) in [5, 5.41) is 2.62. The van der Waals surface area contributed by atoms with Gasteiger partial charge in [-0.25, -0.2) is 9.97 Å². The van der Waals surface area contributed by atoms with Gasteiger partial charge in [-0.15, -0.1) is 11.3 Å². The van der Waals surface area contributed by atoms with Crippen molar-refractivity contribution < 1.29 is 0 Å². The molecule has 1 atom stereocenters. The first-order valence-electron chi connectivity index (χ1n) is 8.28. The number of halogens is 1. The van der Waals surface area contributed by atoms with Crippen LogP contribution in [0.3, 0.4) is 0 Å². The number of nitrogen functional groups attached to an aromatic ring is 1. The van der Waals surface area contributed by atoms with E-state index in [1.165, 1.54) is 16.9 Å². The fourth-order valence-electron chi connectivity index (χ4n) is 3.22. The van der Waals surface area contributed by atoms with Crippen molar-refractivity contribution >= 4 is 50.7 Å². The van der Waals surface area contributed by atoms with E-state index in [2.05, 4.69) is 25.8 Å². The summed E-state index contributed by atoms with van der Waals surface area (Å²) >= 11 is 9.25. The van der Waals surface area contributed by atoms with Crippen LogP contribution in [0.25, 0.3) is 10.2 Å². The average Bonchev–Trinajstić information content (AvgIpc) is 2.83. The summed E-state index contributed by atoms with van der Waals surface area (Å²) < 4.78 is 0. The molecular weight excluding hydrogens is 358 g/mol. The zero-order valence-electron chi connectivity index (χ0n) is 14.6. The van der Waals surface area contributed by atoms with Gasteiger partial charge in [0.2, 0.25) is 0 Å². The number of thiophene rings is 1. The van der Waals surface area contributed by atoms with Crippen molar-refractivity contribution in [3.05, 3.63) is 21.5 Å². The van der Waals surface area contributed by atoms with Crippen molar-refractivity contribution in [2.45, 2.75) is 52.1 Å². The van der Waals surface area contributed by atoms with Gasteiger partial charge in [-0.2, -0.15) is 0 Å². The highest BCUT2D eigenvalue weighted by Crippen LogP contribution is 2.44. The average molecular weight is 382 g/mol. The monoisotopic (exact) mass is 381 g/mol. The van der Waals surface area contributed by atoms with E-state index in [1.54, 1.807) is 23.1 Å². The van der Waals surface area contributed by atoms with Gasteiger partial charge in [0.05, 0.1) is 5.39 Å². The van der Waals surface area contributed by atoms with E-state index in [4.69, 9.17) is 22.3 Å². The quantitative estimate of drug-likeness (QED) is 0.550. The molecule has 1 unspecified atom stereocenters. The SMILES string of the molecule is C/C(Cl)=C/CSc1nc(N)c2c3c(sc2n1)CC(C(C)(C)C)CC3. The van der Waals surface area contributed by atoms with Gasteiger partial charge >= 0.3 is 0 Å². The summed E-state index contributed by atoms with van der Waals surface area (Å²) in [4.78, 5) is 11.7. The van der Waals surface area contributed by atoms with Crippen LogP contribution in [0.15, 0.2) is 16.3 Å². The standard InChI is InChI=1S/C18H24ClN3S2/c1-10(19)7-8-23-17-21-15(20)14-12-6-5-11(18(2,3)4)9-13(12)24-16(14)22-17/h7,11H,5-6,8-9H2,1-4H3,(H2,20,21,22)/b10-7-. The highest BCUT2D eigenvalue weighted by Gasteiger charge is 2.31. The van der Waals surface area contributed by atoms with Crippen molar-refractivity contribution in [1.29, 1.82) is 0 Å². The second-order valence-electron chi connectivity index (χ2n) is 7.48. The first-order chi connectivity index (χ1) is 11.3. The summed E-state index contributed by atoms with van der Waals surface area (Å²) in [6, 6.07) is 0. The summed E-state index contributed by atoms with van der Waals surface area (Å²) in [6.07, 6.45) is 5.41. The van der Waals surface area contributed by atoms with Crippen molar-refractivity contribution in [3.63, 3.8) is 0 Å². The molecule has 24 heavy (non-hydrogen) atoms. The maximum absolute atomic E-state index is 6.28. The van der Waals surface area contributed by atoms with Gasteiger partial charge in [-0.3, -0.25) is 0 Å². The number of rotatable bonds is 3. The molecule has 2 aromatic heterocycles. The molecular formula is C18H24ClN3S2. The van der Waals surface area contributed by atoms with Gasteiger partial charge in [0.15, 0.2) is 5.16 Å². The van der Waals surface area contributed by atoms with E-state index in [1.807, 2.05) is 13.0 Å². The molecule has 3 nitrogen and oxygen atoms in total. The summed E-state index contributed by atoms with van der Waals surface area (Å²) in [6.45, 7) is 8.89. The number of allylic oxidation sites excluding steroid dienone is 1. The van der Waals surface area contributed by atoms with Gasteiger partial charge in [0.1, 0.15) is 10.6 Å². The van der Waals surface area contributed by atoms with Gasteiger partial charge < -0.3 is 5.73 Å². The Bertz CT molecular complexity index is 786. The fraction of sp³-hybridized carbons (Fsp3) is 0.556.